The van der Waals surface area contributed by atoms with Crippen LogP contribution >= 0.6 is 0 Å². The van der Waals surface area contributed by atoms with Gasteiger partial charge in [0.1, 0.15) is 0 Å². The summed E-state index contributed by atoms with van der Waals surface area (Å²) in [5, 5.41) is 3.47. The molecule has 0 saturated heterocycles. The molecule has 0 heterocycles. The minimum atomic E-state index is 0.564. The van der Waals surface area contributed by atoms with Crippen molar-refractivity contribution in [1.82, 2.24) is 5.32 Å². The Hall–Kier alpha value is -0.820. The fourth-order valence-electron chi connectivity index (χ4n) is 3.81. The fourth-order valence-corrected chi connectivity index (χ4v) is 3.81. The predicted octanol–water partition coefficient (Wildman–Crippen LogP) is 3.47. The van der Waals surface area contributed by atoms with Gasteiger partial charge in [0.15, 0.2) is 0 Å². The highest BCUT2D eigenvalue weighted by atomic mass is 14.9. The van der Waals surface area contributed by atoms with Crippen LogP contribution in [0.25, 0.3) is 0 Å². The van der Waals surface area contributed by atoms with Crippen molar-refractivity contribution in [1.29, 1.82) is 0 Å². The molecule has 1 aromatic carbocycles. The summed E-state index contributed by atoms with van der Waals surface area (Å²) < 4.78 is 0. The van der Waals surface area contributed by atoms with Crippen molar-refractivity contribution in [2.75, 3.05) is 7.05 Å². The molecule has 0 radical (unpaired) electrons. The maximum absolute atomic E-state index is 3.47. The van der Waals surface area contributed by atoms with Crippen LogP contribution in [0.3, 0.4) is 0 Å². The second kappa shape index (κ2) is 3.59. The van der Waals surface area contributed by atoms with Gasteiger partial charge in [0.25, 0.3) is 0 Å². The van der Waals surface area contributed by atoms with Crippen molar-refractivity contribution < 1.29 is 0 Å². The summed E-state index contributed by atoms with van der Waals surface area (Å²) in [5.41, 5.74) is 5.34. The molecule has 0 bridgehead atoms. The van der Waals surface area contributed by atoms with Gasteiger partial charge < -0.3 is 5.32 Å². The number of fused-ring (bicyclic) bond motifs is 2. The summed E-state index contributed by atoms with van der Waals surface area (Å²) in [7, 11) is 2.09. The van der Waals surface area contributed by atoms with Gasteiger partial charge >= 0.3 is 0 Å². The Bertz CT molecular complexity index is 404. The van der Waals surface area contributed by atoms with Crippen molar-refractivity contribution in [2.45, 2.75) is 50.5 Å². The molecule has 1 N–H and O–H groups in total. The number of benzene rings is 1. The summed E-state index contributed by atoms with van der Waals surface area (Å²) in [6.45, 7) is 2.29. The van der Waals surface area contributed by atoms with Gasteiger partial charge in [-0.2, -0.15) is 0 Å². The molecule has 1 heteroatoms. The Morgan fingerprint density at radius 1 is 1.25 bits per heavy atom. The van der Waals surface area contributed by atoms with Crippen molar-refractivity contribution in [3.8, 4) is 0 Å². The lowest BCUT2D eigenvalue weighted by Crippen LogP contribution is -2.41. The molecule has 2 aliphatic carbocycles. The Balaban J connectivity index is 2.14. The van der Waals surface area contributed by atoms with E-state index in [1.165, 1.54) is 37.7 Å². The van der Waals surface area contributed by atoms with Crippen molar-refractivity contribution in [2.24, 2.45) is 0 Å². The molecule has 0 aliphatic heterocycles. The fraction of sp³-hybridized carbons (Fsp3) is 0.600. The average Bonchev–Trinajstić information content (AvgIpc) is 2.26. The Kier molecular flexibility index (Phi) is 2.32. The summed E-state index contributed by atoms with van der Waals surface area (Å²) in [4.78, 5) is 0. The third-order valence-corrected chi connectivity index (χ3v) is 4.78. The average molecular weight is 215 g/mol. The predicted molar refractivity (Wildman–Crippen MR) is 67.7 cm³/mol. The van der Waals surface area contributed by atoms with Crippen molar-refractivity contribution in [3.63, 3.8) is 0 Å². The summed E-state index contributed by atoms with van der Waals surface area (Å²) in [5.74, 6) is 0. The normalized spacial score (nSPS) is 26.2. The third-order valence-electron chi connectivity index (χ3n) is 4.78. The van der Waals surface area contributed by atoms with E-state index >= 15 is 0 Å². The molecule has 1 unspecified atom stereocenters. The topological polar surface area (TPSA) is 12.0 Å². The molecule has 2 aliphatic rings. The van der Waals surface area contributed by atoms with Gasteiger partial charge in [-0.15, -0.1) is 0 Å². The zero-order valence-corrected chi connectivity index (χ0v) is 10.3. The van der Waals surface area contributed by atoms with E-state index in [9.17, 15) is 0 Å². The minimum absolute atomic E-state index is 0.564. The molecule has 3 rings (SSSR count). The van der Waals surface area contributed by atoms with E-state index in [0.717, 1.165) is 0 Å². The number of aryl methyl sites for hydroxylation is 1. The second-order valence-corrected chi connectivity index (χ2v) is 5.55. The zero-order valence-electron chi connectivity index (χ0n) is 10.3. The van der Waals surface area contributed by atoms with Crippen LogP contribution in [0.15, 0.2) is 18.2 Å². The quantitative estimate of drug-likeness (QED) is 0.756. The number of hydrogen-bond donors (Lipinski definition) is 1. The zero-order chi connectivity index (χ0) is 11.2. The van der Waals surface area contributed by atoms with Gasteiger partial charge in [-0.1, -0.05) is 24.6 Å². The molecule has 0 amide bonds. The van der Waals surface area contributed by atoms with Crippen molar-refractivity contribution >= 4 is 0 Å². The first-order chi connectivity index (χ1) is 7.77. The number of hydrogen-bond acceptors (Lipinski definition) is 1. The van der Waals surface area contributed by atoms with Gasteiger partial charge in [0.05, 0.1) is 0 Å². The summed E-state index contributed by atoms with van der Waals surface area (Å²) in [6, 6.07) is 7.43. The standard InChI is InChI=1S/C15H21N/c1-11-5-3-6-12-13(16-2)7-10-15(14(11)12)8-4-9-15/h3,5-6,13,16H,4,7-10H2,1-2H3. The molecule has 1 atom stereocenters. The highest BCUT2D eigenvalue weighted by Gasteiger charge is 2.44. The van der Waals surface area contributed by atoms with Crippen LogP contribution in [0.1, 0.15) is 54.8 Å². The van der Waals surface area contributed by atoms with Crippen LogP contribution in [0.4, 0.5) is 0 Å². The van der Waals surface area contributed by atoms with Crippen molar-refractivity contribution in [3.05, 3.63) is 34.9 Å². The monoisotopic (exact) mass is 215 g/mol. The molecule has 1 spiro atoms. The molecule has 1 aromatic rings. The maximum atomic E-state index is 3.47. The van der Waals surface area contributed by atoms with Gasteiger partial charge in [0.2, 0.25) is 0 Å². The van der Waals surface area contributed by atoms with Gasteiger partial charge in [0, 0.05) is 6.04 Å². The van der Waals surface area contributed by atoms with E-state index in [1.807, 2.05) is 0 Å². The molecule has 1 nitrogen and oxygen atoms in total. The van der Waals surface area contributed by atoms with Crippen LogP contribution in [0.5, 0.6) is 0 Å². The smallest absolute Gasteiger partial charge is 0.0320 e. The van der Waals surface area contributed by atoms with Crippen LogP contribution in [-0.4, -0.2) is 7.05 Å². The third kappa shape index (κ3) is 1.27. The van der Waals surface area contributed by atoms with Gasteiger partial charge in [-0.3, -0.25) is 0 Å². The van der Waals surface area contributed by atoms with Crippen LogP contribution in [-0.2, 0) is 5.41 Å². The molecular formula is C15H21N. The lowest BCUT2D eigenvalue weighted by molar-refractivity contribution is 0.193. The second-order valence-electron chi connectivity index (χ2n) is 5.55. The lowest BCUT2D eigenvalue weighted by atomic mass is 9.56. The highest BCUT2D eigenvalue weighted by Crippen LogP contribution is 2.54. The molecular weight excluding hydrogens is 194 g/mol. The molecule has 0 aromatic heterocycles. The van der Waals surface area contributed by atoms with Gasteiger partial charge in [-0.25, -0.2) is 0 Å². The van der Waals surface area contributed by atoms with E-state index < -0.39 is 0 Å². The Labute approximate surface area is 98.3 Å². The first-order valence-corrected chi connectivity index (χ1v) is 6.54. The van der Waals surface area contributed by atoms with Crippen LogP contribution in [0, 0.1) is 6.92 Å². The van der Waals surface area contributed by atoms with E-state index in [2.05, 4.69) is 37.5 Å². The first kappa shape index (κ1) is 10.3. The largest absolute Gasteiger partial charge is 0.313 e. The highest BCUT2D eigenvalue weighted by molar-refractivity contribution is 5.45. The van der Waals surface area contributed by atoms with E-state index in [-0.39, 0.29) is 0 Å². The molecule has 1 fully saturated rings. The number of rotatable bonds is 1. The summed E-state index contributed by atoms with van der Waals surface area (Å²) in [6.07, 6.45) is 6.96. The Morgan fingerprint density at radius 3 is 2.69 bits per heavy atom. The molecule has 1 saturated carbocycles. The minimum Gasteiger partial charge on any atom is -0.313 e. The molecule has 16 heavy (non-hydrogen) atoms. The SMILES string of the molecule is CNC1CCC2(CCC2)c2c(C)cccc21. The lowest BCUT2D eigenvalue weighted by Gasteiger charge is -2.49. The summed E-state index contributed by atoms with van der Waals surface area (Å²) >= 11 is 0. The number of nitrogens with one attached hydrogen (secondary N) is 1. The maximum Gasteiger partial charge on any atom is 0.0320 e. The van der Waals surface area contributed by atoms with E-state index in [1.54, 1.807) is 11.1 Å². The van der Waals surface area contributed by atoms with Gasteiger partial charge in [-0.05, 0) is 61.8 Å². The van der Waals surface area contributed by atoms with Crippen LogP contribution < -0.4 is 5.32 Å². The van der Waals surface area contributed by atoms with Crippen LogP contribution in [0.2, 0.25) is 0 Å². The van der Waals surface area contributed by atoms with E-state index in [0.29, 0.717) is 11.5 Å². The molecule has 86 valence electrons. The Morgan fingerprint density at radius 2 is 2.06 bits per heavy atom. The van der Waals surface area contributed by atoms with E-state index in [4.69, 9.17) is 0 Å². The first-order valence-electron chi connectivity index (χ1n) is 6.54.